The summed E-state index contributed by atoms with van der Waals surface area (Å²) in [5.74, 6) is 0. The maximum Gasteiger partial charge on any atom is 0.0710 e. The van der Waals surface area contributed by atoms with Gasteiger partial charge in [-0.2, -0.15) is 0 Å². The van der Waals surface area contributed by atoms with E-state index in [1.54, 1.807) is 0 Å². The van der Waals surface area contributed by atoms with Crippen molar-refractivity contribution in [3.63, 3.8) is 0 Å². The van der Waals surface area contributed by atoms with Gasteiger partial charge in [-0.25, -0.2) is 0 Å². The van der Waals surface area contributed by atoms with Gasteiger partial charge in [-0.15, -0.1) is 0 Å². The van der Waals surface area contributed by atoms with E-state index in [4.69, 9.17) is 0 Å². The molecule has 0 radical (unpaired) electrons. The zero-order valence-corrected chi connectivity index (χ0v) is 12.0. The number of aromatic amines is 1. The first-order chi connectivity index (χ1) is 10.3. The van der Waals surface area contributed by atoms with Crippen LogP contribution in [0.3, 0.4) is 0 Å². The molecule has 0 spiro atoms. The summed E-state index contributed by atoms with van der Waals surface area (Å²) in [7, 11) is 0. The van der Waals surface area contributed by atoms with E-state index in [0.29, 0.717) is 0 Å². The van der Waals surface area contributed by atoms with Crippen LogP contribution in [0.15, 0.2) is 24.3 Å². The second kappa shape index (κ2) is 4.48. The van der Waals surface area contributed by atoms with Gasteiger partial charge >= 0.3 is 0 Å². The Labute approximate surface area is 122 Å². The number of nitrogens with zero attached hydrogens (tertiary/aromatic N) is 1. The Bertz CT molecular complexity index is 842. The lowest BCUT2D eigenvalue weighted by Gasteiger charge is -2.19. The summed E-state index contributed by atoms with van der Waals surface area (Å²) in [4.78, 5) is 3.50. The molecule has 3 N–H and O–H groups in total. The number of rotatable bonds is 2. The quantitative estimate of drug-likeness (QED) is 0.676. The van der Waals surface area contributed by atoms with Crippen LogP contribution >= 0.6 is 0 Å². The van der Waals surface area contributed by atoms with Crippen molar-refractivity contribution in [3.8, 4) is 11.4 Å². The Morgan fingerprint density at radius 3 is 2.67 bits per heavy atom. The van der Waals surface area contributed by atoms with Crippen LogP contribution in [-0.4, -0.2) is 19.8 Å². The standard InChI is InChI=1S/C17H18N2O2/c1-10-13(8-20)14(9-21)17-16-12(6-7-19(10)17)11-4-2-3-5-15(11)18-16/h2-5,18,20-21H,6-9H2,1H3. The van der Waals surface area contributed by atoms with Gasteiger partial charge in [0.05, 0.1) is 24.6 Å². The average Bonchev–Trinajstić information content (AvgIpc) is 3.02. The first kappa shape index (κ1) is 12.7. The molecule has 1 aliphatic heterocycles. The molecule has 0 atom stereocenters. The molecule has 3 heterocycles. The normalized spacial score (nSPS) is 13.5. The van der Waals surface area contributed by atoms with Crippen LogP contribution in [-0.2, 0) is 26.2 Å². The molecule has 1 aliphatic rings. The Balaban J connectivity index is 2.08. The van der Waals surface area contributed by atoms with Crippen molar-refractivity contribution in [1.82, 2.24) is 9.55 Å². The smallest absolute Gasteiger partial charge is 0.0710 e. The summed E-state index contributed by atoms with van der Waals surface area (Å²) in [6, 6.07) is 8.31. The van der Waals surface area contributed by atoms with E-state index in [1.165, 1.54) is 10.9 Å². The van der Waals surface area contributed by atoms with Crippen LogP contribution in [0.2, 0.25) is 0 Å². The van der Waals surface area contributed by atoms with Crippen molar-refractivity contribution in [2.24, 2.45) is 0 Å². The van der Waals surface area contributed by atoms with Gasteiger partial charge in [-0.05, 0) is 25.0 Å². The van der Waals surface area contributed by atoms with Crippen LogP contribution in [0.1, 0.15) is 22.4 Å². The monoisotopic (exact) mass is 282 g/mol. The molecule has 0 bridgehead atoms. The fourth-order valence-electron chi connectivity index (χ4n) is 3.69. The number of hydrogen-bond donors (Lipinski definition) is 3. The van der Waals surface area contributed by atoms with Gasteiger partial charge in [0.25, 0.3) is 0 Å². The molecule has 0 saturated heterocycles. The first-order valence-corrected chi connectivity index (χ1v) is 7.28. The highest BCUT2D eigenvalue weighted by Gasteiger charge is 2.27. The highest BCUT2D eigenvalue weighted by molar-refractivity contribution is 5.91. The molecule has 0 aliphatic carbocycles. The van der Waals surface area contributed by atoms with Gasteiger partial charge in [0.1, 0.15) is 0 Å². The molecular weight excluding hydrogens is 264 g/mol. The second-order valence-corrected chi connectivity index (χ2v) is 5.63. The number of benzene rings is 1. The van der Waals surface area contributed by atoms with Gasteiger partial charge in [0.2, 0.25) is 0 Å². The van der Waals surface area contributed by atoms with E-state index in [2.05, 4.69) is 27.8 Å². The molecule has 108 valence electrons. The fourth-order valence-corrected chi connectivity index (χ4v) is 3.69. The zero-order valence-electron chi connectivity index (χ0n) is 12.0. The topological polar surface area (TPSA) is 61.2 Å². The Kier molecular flexibility index (Phi) is 2.71. The molecular formula is C17H18N2O2. The number of aryl methyl sites for hydroxylation is 1. The molecule has 0 fully saturated rings. The first-order valence-electron chi connectivity index (χ1n) is 7.28. The van der Waals surface area contributed by atoms with Crippen molar-refractivity contribution in [3.05, 3.63) is 46.6 Å². The highest BCUT2D eigenvalue weighted by Crippen LogP contribution is 2.40. The lowest BCUT2D eigenvalue weighted by molar-refractivity contribution is 0.261. The number of aromatic nitrogens is 2. The SMILES string of the molecule is Cc1c(CO)c(CO)c2n1CCc1c-2[nH]c2ccccc12. The van der Waals surface area contributed by atoms with E-state index in [9.17, 15) is 10.2 Å². The van der Waals surface area contributed by atoms with Crippen LogP contribution in [0, 0.1) is 6.92 Å². The molecule has 4 rings (SSSR count). The molecule has 0 saturated carbocycles. The van der Waals surface area contributed by atoms with E-state index in [1.807, 2.05) is 13.0 Å². The molecule has 4 nitrogen and oxygen atoms in total. The lowest BCUT2D eigenvalue weighted by Crippen LogP contribution is -2.12. The van der Waals surface area contributed by atoms with Gasteiger partial charge in [-0.1, -0.05) is 18.2 Å². The Morgan fingerprint density at radius 1 is 1.14 bits per heavy atom. The third-order valence-electron chi connectivity index (χ3n) is 4.71. The summed E-state index contributed by atoms with van der Waals surface area (Å²) in [5, 5.41) is 20.7. The van der Waals surface area contributed by atoms with Crippen LogP contribution in [0.5, 0.6) is 0 Å². The maximum absolute atomic E-state index is 9.78. The minimum atomic E-state index is -0.0477. The summed E-state index contributed by atoms with van der Waals surface area (Å²) in [6.45, 7) is 2.83. The van der Waals surface area contributed by atoms with Crippen LogP contribution in [0.4, 0.5) is 0 Å². The minimum absolute atomic E-state index is 0.0305. The van der Waals surface area contributed by atoms with Crippen molar-refractivity contribution in [2.45, 2.75) is 33.1 Å². The van der Waals surface area contributed by atoms with Crippen LogP contribution < -0.4 is 0 Å². The third-order valence-corrected chi connectivity index (χ3v) is 4.71. The highest BCUT2D eigenvalue weighted by atomic mass is 16.3. The lowest BCUT2D eigenvalue weighted by atomic mass is 10.0. The van der Waals surface area contributed by atoms with Crippen LogP contribution in [0.25, 0.3) is 22.3 Å². The van der Waals surface area contributed by atoms with Crippen molar-refractivity contribution >= 4 is 10.9 Å². The largest absolute Gasteiger partial charge is 0.392 e. The predicted octanol–water partition coefficient (Wildman–Crippen LogP) is 2.49. The summed E-state index contributed by atoms with van der Waals surface area (Å²) < 4.78 is 2.22. The van der Waals surface area contributed by atoms with E-state index >= 15 is 0 Å². The minimum Gasteiger partial charge on any atom is -0.392 e. The maximum atomic E-state index is 9.78. The molecule has 3 aromatic rings. The molecule has 0 unspecified atom stereocenters. The second-order valence-electron chi connectivity index (χ2n) is 5.63. The van der Waals surface area contributed by atoms with Crippen molar-refractivity contribution < 1.29 is 10.2 Å². The molecule has 4 heteroatoms. The van der Waals surface area contributed by atoms with Crippen molar-refractivity contribution in [1.29, 1.82) is 0 Å². The van der Waals surface area contributed by atoms with E-state index in [0.717, 1.165) is 46.7 Å². The van der Waals surface area contributed by atoms with Gasteiger partial charge in [0, 0.05) is 34.3 Å². The number of nitrogens with one attached hydrogen (secondary N) is 1. The predicted molar refractivity (Wildman–Crippen MR) is 82.0 cm³/mol. The summed E-state index contributed by atoms with van der Waals surface area (Å²) >= 11 is 0. The fraction of sp³-hybridized carbons (Fsp3) is 0.294. The van der Waals surface area contributed by atoms with Gasteiger partial charge < -0.3 is 19.8 Å². The number of aliphatic hydroxyl groups is 2. The number of H-pyrrole nitrogens is 1. The number of aliphatic hydroxyl groups excluding tert-OH is 2. The number of hydrogen-bond acceptors (Lipinski definition) is 2. The number of fused-ring (bicyclic) bond motifs is 5. The van der Waals surface area contributed by atoms with Crippen molar-refractivity contribution in [2.75, 3.05) is 0 Å². The van der Waals surface area contributed by atoms with E-state index < -0.39 is 0 Å². The van der Waals surface area contributed by atoms with Gasteiger partial charge in [0.15, 0.2) is 0 Å². The number of para-hydroxylation sites is 1. The van der Waals surface area contributed by atoms with E-state index in [-0.39, 0.29) is 13.2 Å². The zero-order chi connectivity index (χ0) is 14.6. The Hall–Kier alpha value is -2.04. The Morgan fingerprint density at radius 2 is 1.90 bits per heavy atom. The third kappa shape index (κ3) is 1.57. The molecule has 21 heavy (non-hydrogen) atoms. The molecule has 2 aromatic heterocycles. The summed E-state index contributed by atoms with van der Waals surface area (Å²) in [5.41, 5.74) is 7.34. The van der Waals surface area contributed by atoms with Gasteiger partial charge in [-0.3, -0.25) is 0 Å². The average molecular weight is 282 g/mol. The summed E-state index contributed by atoms with van der Waals surface area (Å²) in [6.07, 6.45) is 0.970. The molecule has 0 amide bonds. The molecule has 1 aromatic carbocycles.